The van der Waals surface area contributed by atoms with Crippen LogP contribution in [0.1, 0.15) is 5.56 Å². The second-order valence-electron chi connectivity index (χ2n) is 13.4. The molecule has 9 aromatic rings. The highest BCUT2D eigenvalue weighted by Crippen LogP contribution is 2.42. The van der Waals surface area contributed by atoms with E-state index in [1.165, 1.54) is 0 Å². The van der Waals surface area contributed by atoms with E-state index in [0.29, 0.717) is 11.5 Å². The van der Waals surface area contributed by atoms with Gasteiger partial charge in [-0.3, -0.25) is 4.57 Å². The Balaban J connectivity index is 1.48. The third-order valence-corrected chi connectivity index (χ3v) is 9.75. The standard InChI is InChI=1S/C45H33N7/c1-49(2)33-18-22-41-37(25-33)35-20-21-36-38-26-34(50(3)4)19-23-42(38)52(44(36)43(35)51(41)32-16-9-6-10-17-32)45-47-39(30-13-7-5-8-14-30)27-40(48-45)31-15-11-12-29(24-31)28-46/h5-18,20-22,24-27H,1-4H3. The molecule has 0 spiro atoms. The van der Waals surface area contributed by atoms with E-state index in [4.69, 9.17) is 9.97 Å². The second kappa shape index (κ2) is 12.1. The fraction of sp³-hybridized carbons (Fsp3) is 0.0889. The van der Waals surface area contributed by atoms with Crippen LogP contribution in [0.15, 0.2) is 127 Å². The lowest BCUT2D eigenvalue weighted by atomic mass is 10.1. The van der Waals surface area contributed by atoms with Crippen molar-refractivity contribution in [3.8, 4) is 40.2 Å². The number of hydrogen-bond donors (Lipinski definition) is 0. The number of fused-ring (bicyclic) bond motifs is 7. The number of benzene rings is 5. The molecule has 0 bridgehead atoms. The van der Waals surface area contributed by atoms with E-state index in [2.05, 4.69) is 119 Å². The first-order valence-electron chi connectivity index (χ1n) is 17.1. The summed E-state index contributed by atoms with van der Waals surface area (Å²) < 4.78 is 4.51. The molecule has 0 saturated heterocycles. The molecule has 0 radical (unpaired) electrons. The van der Waals surface area contributed by atoms with E-state index < -0.39 is 0 Å². The molecule has 7 nitrogen and oxygen atoms in total. The molecule has 0 aliphatic heterocycles. The highest BCUT2D eigenvalue weighted by Gasteiger charge is 2.24. The lowest BCUT2D eigenvalue weighted by Gasteiger charge is -2.14. The van der Waals surface area contributed by atoms with Gasteiger partial charge in [-0.2, -0.15) is 5.26 Å². The molecule has 0 amide bonds. The van der Waals surface area contributed by atoms with E-state index in [1.807, 2.05) is 73.6 Å². The van der Waals surface area contributed by atoms with Crippen molar-refractivity contribution >= 4 is 55.0 Å². The van der Waals surface area contributed by atoms with Gasteiger partial charge in [-0.1, -0.05) is 72.8 Å². The van der Waals surface area contributed by atoms with E-state index in [0.717, 1.165) is 83.2 Å². The third-order valence-electron chi connectivity index (χ3n) is 9.75. The van der Waals surface area contributed by atoms with Gasteiger partial charge in [-0.25, -0.2) is 9.97 Å². The number of rotatable bonds is 6. The minimum absolute atomic E-state index is 0.507. The van der Waals surface area contributed by atoms with Crippen LogP contribution in [-0.2, 0) is 0 Å². The van der Waals surface area contributed by atoms with Gasteiger partial charge in [0.1, 0.15) is 5.52 Å². The molecule has 248 valence electrons. The smallest absolute Gasteiger partial charge is 0.236 e. The van der Waals surface area contributed by atoms with Crippen LogP contribution in [0, 0.1) is 23.5 Å². The molecule has 9 rings (SSSR count). The van der Waals surface area contributed by atoms with E-state index >= 15 is 0 Å². The maximum atomic E-state index is 9.77. The zero-order valence-corrected chi connectivity index (χ0v) is 29.3. The fourth-order valence-corrected chi connectivity index (χ4v) is 7.20. The van der Waals surface area contributed by atoms with E-state index in [9.17, 15) is 5.26 Å². The molecular formula is C45H33N7. The Hall–Kier alpha value is -7.09. The van der Waals surface area contributed by atoms with Gasteiger partial charge in [-0.15, -0.1) is 0 Å². The number of hydrogen-bond acceptors (Lipinski definition) is 5. The van der Waals surface area contributed by atoms with Gasteiger partial charge in [0.15, 0.2) is 0 Å². The maximum Gasteiger partial charge on any atom is 0.236 e. The largest absolute Gasteiger partial charge is 0.378 e. The summed E-state index contributed by atoms with van der Waals surface area (Å²) in [7, 11) is 8.19. The zero-order valence-electron chi connectivity index (χ0n) is 29.3. The second-order valence-corrected chi connectivity index (χ2v) is 13.4. The molecule has 0 atom stereocenters. The number of nitriles is 1. The average molecular weight is 672 g/mol. The molecule has 0 saturated carbocycles. The molecule has 0 N–H and O–H groups in total. The average Bonchev–Trinajstić information content (AvgIpc) is 3.70. The van der Waals surface area contributed by atoms with E-state index in [-0.39, 0.29) is 0 Å². The van der Waals surface area contributed by atoms with Crippen LogP contribution in [0.3, 0.4) is 0 Å². The van der Waals surface area contributed by atoms with Crippen LogP contribution < -0.4 is 9.80 Å². The van der Waals surface area contributed by atoms with E-state index in [1.54, 1.807) is 0 Å². The summed E-state index contributed by atoms with van der Waals surface area (Å²) in [6, 6.07) is 52.8. The minimum atomic E-state index is 0.507. The lowest BCUT2D eigenvalue weighted by Crippen LogP contribution is -2.08. The zero-order chi connectivity index (χ0) is 35.5. The Bertz CT molecular complexity index is 2860. The van der Waals surface area contributed by atoms with Crippen molar-refractivity contribution in [1.29, 1.82) is 5.26 Å². The van der Waals surface area contributed by atoms with Gasteiger partial charge in [0.25, 0.3) is 0 Å². The molecular weight excluding hydrogens is 639 g/mol. The number of anilines is 2. The molecule has 0 aliphatic rings. The van der Waals surface area contributed by atoms with Crippen molar-refractivity contribution in [2.45, 2.75) is 0 Å². The van der Waals surface area contributed by atoms with Gasteiger partial charge in [0.2, 0.25) is 5.95 Å². The van der Waals surface area contributed by atoms with Gasteiger partial charge >= 0.3 is 0 Å². The van der Waals surface area contributed by atoms with Gasteiger partial charge in [-0.05, 0) is 66.7 Å². The van der Waals surface area contributed by atoms with Crippen molar-refractivity contribution in [2.75, 3.05) is 38.0 Å². The molecule has 7 heteroatoms. The van der Waals surface area contributed by atoms with Gasteiger partial charge in [0, 0.05) is 72.2 Å². The van der Waals surface area contributed by atoms with Crippen LogP contribution in [-0.4, -0.2) is 47.3 Å². The number of para-hydroxylation sites is 1. The molecule has 0 fully saturated rings. The minimum Gasteiger partial charge on any atom is -0.378 e. The topological polar surface area (TPSA) is 65.9 Å². The molecule has 6 aromatic carbocycles. The first kappa shape index (κ1) is 30.9. The number of nitrogens with zero attached hydrogens (tertiary/aromatic N) is 7. The molecule has 0 aliphatic carbocycles. The third kappa shape index (κ3) is 4.91. The predicted octanol–water partition coefficient (Wildman–Crippen LogP) is 9.61. The molecule has 3 aromatic heterocycles. The van der Waals surface area contributed by atoms with Crippen molar-refractivity contribution in [2.24, 2.45) is 0 Å². The Morgan fingerprint density at radius 1 is 0.577 bits per heavy atom. The van der Waals surface area contributed by atoms with Crippen LogP contribution in [0.4, 0.5) is 11.4 Å². The lowest BCUT2D eigenvalue weighted by molar-refractivity contribution is 0.995. The summed E-state index contributed by atoms with van der Waals surface area (Å²) in [5, 5.41) is 14.1. The van der Waals surface area contributed by atoms with Gasteiger partial charge < -0.3 is 14.4 Å². The fourth-order valence-electron chi connectivity index (χ4n) is 7.20. The highest BCUT2D eigenvalue weighted by molar-refractivity contribution is 6.24. The molecule has 0 unspecified atom stereocenters. The summed E-state index contributed by atoms with van der Waals surface area (Å²) in [4.78, 5) is 14.8. The van der Waals surface area contributed by atoms with Crippen molar-refractivity contribution < 1.29 is 0 Å². The molecule has 52 heavy (non-hydrogen) atoms. The first-order chi connectivity index (χ1) is 25.4. The SMILES string of the molecule is CN(C)c1c#cc2c(c1)c1ccc3c4cc(N(C)C)ccc4n(-c4ccccc4)c3c1n2-c1nc(-c2ccccc2)cc(-c2cccc(C#N)c2)n1. The normalized spacial score (nSPS) is 11.3. The molecule has 3 heterocycles. The monoisotopic (exact) mass is 671 g/mol. The summed E-state index contributed by atoms with van der Waals surface area (Å²) in [6.45, 7) is 0. The first-order valence-corrected chi connectivity index (χ1v) is 17.1. The van der Waals surface area contributed by atoms with Gasteiger partial charge in [0.05, 0.1) is 45.3 Å². The summed E-state index contributed by atoms with van der Waals surface area (Å²) in [5.41, 5.74) is 10.9. The summed E-state index contributed by atoms with van der Waals surface area (Å²) >= 11 is 0. The van der Waals surface area contributed by atoms with Crippen molar-refractivity contribution in [1.82, 2.24) is 19.1 Å². The van der Waals surface area contributed by atoms with Crippen LogP contribution in [0.5, 0.6) is 0 Å². The number of aromatic nitrogens is 4. The van der Waals surface area contributed by atoms with Crippen LogP contribution in [0.25, 0.3) is 77.8 Å². The van der Waals surface area contributed by atoms with Crippen molar-refractivity contribution in [3.05, 3.63) is 145 Å². The Morgan fingerprint density at radius 2 is 1.25 bits per heavy atom. The Labute approximate surface area is 301 Å². The highest BCUT2D eigenvalue weighted by atomic mass is 15.2. The summed E-state index contributed by atoms with van der Waals surface area (Å²) in [5.74, 6) is 0.507. The predicted molar refractivity (Wildman–Crippen MR) is 213 cm³/mol. The van der Waals surface area contributed by atoms with Crippen LogP contribution in [0.2, 0.25) is 0 Å². The Morgan fingerprint density at radius 3 is 1.96 bits per heavy atom. The quantitative estimate of drug-likeness (QED) is 0.176. The Kier molecular flexibility index (Phi) is 7.17. The summed E-state index contributed by atoms with van der Waals surface area (Å²) in [6.07, 6.45) is 0. The maximum absolute atomic E-state index is 9.77. The van der Waals surface area contributed by atoms with Crippen molar-refractivity contribution in [3.63, 3.8) is 0 Å². The van der Waals surface area contributed by atoms with Crippen LogP contribution >= 0.6 is 0 Å².